The molecule has 1 saturated carbocycles. The van der Waals surface area contributed by atoms with Crippen LogP contribution in [0.1, 0.15) is 44.9 Å². The molecule has 0 spiro atoms. The number of ether oxygens (including phenoxy) is 3. The Hall–Kier alpha value is -0.160. The van der Waals surface area contributed by atoms with Crippen LogP contribution in [0.4, 0.5) is 0 Å². The van der Waals surface area contributed by atoms with Crippen molar-refractivity contribution in [1.29, 1.82) is 0 Å². The van der Waals surface area contributed by atoms with Gasteiger partial charge in [-0.25, -0.2) is 0 Å². The Bertz CT molecular complexity index is 367. The highest BCUT2D eigenvalue weighted by atomic mass is 16.5. The maximum atomic E-state index is 6.16. The summed E-state index contributed by atoms with van der Waals surface area (Å²) in [4.78, 5) is 2.73. The summed E-state index contributed by atoms with van der Waals surface area (Å²) in [6, 6.07) is 0.719. The SMILES string of the molecule is C1COC2CCN(C3CCOCC3)CC2(COCC2CC2)C1. The van der Waals surface area contributed by atoms with Crippen molar-refractivity contribution < 1.29 is 14.2 Å². The molecule has 3 saturated heterocycles. The molecule has 0 aromatic rings. The quantitative estimate of drug-likeness (QED) is 0.780. The summed E-state index contributed by atoms with van der Waals surface area (Å²) in [6.07, 6.45) is 9.24. The minimum atomic E-state index is 0.254. The number of likely N-dealkylation sites (tertiary alicyclic amines) is 1. The molecule has 126 valence electrons. The second-order valence-electron chi connectivity index (χ2n) is 7.89. The molecule has 1 aliphatic carbocycles. The van der Waals surface area contributed by atoms with E-state index in [0.29, 0.717) is 6.10 Å². The number of rotatable bonds is 5. The Kier molecular flexibility index (Phi) is 4.72. The van der Waals surface area contributed by atoms with Crippen LogP contribution in [0, 0.1) is 11.3 Å². The van der Waals surface area contributed by atoms with E-state index in [1.807, 2.05) is 0 Å². The van der Waals surface area contributed by atoms with Gasteiger partial charge in [0.1, 0.15) is 0 Å². The van der Waals surface area contributed by atoms with Gasteiger partial charge in [-0.1, -0.05) is 0 Å². The lowest BCUT2D eigenvalue weighted by atomic mass is 9.72. The van der Waals surface area contributed by atoms with Crippen LogP contribution in [0.3, 0.4) is 0 Å². The van der Waals surface area contributed by atoms with E-state index in [4.69, 9.17) is 14.2 Å². The number of hydrogen-bond donors (Lipinski definition) is 0. The average molecular weight is 309 g/mol. The van der Waals surface area contributed by atoms with Crippen molar-refractivity contribution in [1.82, 2.24) is 4.90 Å². The van der Waals surface area contributed by atoms with Gasteiger partial charge in [0.15, 0.2) is 0 Å². The predicted molar refractivity (Wildman–Crippen MR) is 85.0 cm³/mol. The first-order chi connectivity index (χ1) is 10.9. The Morgan fingerprint density at radius 3 is 2.73 bits per heavy atom. The van der Waals surface area contributed by atoms with E-state index in [1.165, 1.54) is 58.0 Å². The highest BCUT2D eigenvalue weighted by Gasteiger charge is 2.47. The minimum Gasteiger partial charge on any atom is -0.381 e. The van der Waals surface area contributed by atoms with Crippen molar-refractivity contribution in [3.63, 3.8) is 0 Å². The Balaban J connectivity index is 1.40. The topological polar surface area (TPSA) is 30.9 Å². The summed E-state index contributed by atoms with van der Waals surface area (Å²) in [6.45, 7) is 7.08. The Morgan fingerprint density at radius 1 is 1.05 bits per heavy atom. The van der Waals surface area contributed by atoms with Crippen LogP contribution >= 0.6 is 0 Å². The molecule has 0 radical (unpaired) electrons. The van der Waals surface area contributed by atoms with Crippen LogP contribution < -0.4 is 0 Å². The summed E-state index contributed by atoms with van der Waals surface area (Å²) in [5, 5.41) is 0. The first kappa shape index (κ1) is 15.4. The maximum absolute atomic E-state index is 6.16. The molecule has 2 atom stereocenters. The normalized spacial score (nSPS) is 37.9. The number of hydrogen-bond acceptors (Lipinski definition) is 4. The molecule has 0 bridgehead atoms. The third kappa shape index (κ3) is 3.35. The van der Waals surface area contributed by atoms with Crippen molar-refractivity contribution in [2.45, 2.75) is 57.1 Å². The van der Waals surface area contributed by atoms with E-state index in [2.05, 4.69) is 4.90 Å². The smallest absolute Gasteiger partial charge is 0.0677 e. The molecular weight excluding hydrogens is 278 g/mol. The monoisotopic (exact) mass is 309 g/mol. The molecule has 4 rings (SSSR count). The second-order valence-corrected chi connectivity index (χ2v) is 7.89. The van der Waals surface area contributed by atoms with Gasteiger partial charge in [-0.15, -0.1) is 0 Å². The summed E-state index contributed by atoms with van der Waals surface area (Å²) in [7, 11) is 0. The standard InChI is InChI=1S/C18H31NO3/c1-7-18(14-21-12-15-2-3-15)13-19(8-4-17(18)22-9-1)16-5-10-20-11-6-16/h15-17H,1-14H2. The predicted octanol–water partition coefficient (Wildman–Crippen LogP) is 2.46. The van der Waals surface area contributed by atoms with Crippen LogP contribution in [-0.4, -0.2) is 63.2 Å². The fraction of sp³-hybridized carbons (Fsp3) is 1.00. The van der Waals surface area contributed by atoms with Gasteiger partial charge >= 0.3 is 0 Å². The van der Waals surface area contributed by atoms with Gasteiger partial charge in [-0.2, -0.15) is 0 Å². The molecule has 2 unspecified atom stereocenters. The molecule has 0 amide bonds. The summed E-state index contributed by atoms with van der Waals surface area (Å²) in [5.41, 5.74) is 0.254. The molecule has 4 fully saturated rings. The molecule has 4 aliphatic rings. The molecule has 22 heavy (non-hydrogen) atoms. The number of fused-ring (bicyclic) bond motifs is 1. The summed E-state index contributed by atoms with van der Waals surface area (Å²) in [5.74, 6) is 0.856. The van der Waals surface area contributed by atoms with Gasteiger partial charge < -0.3 is 14.2 Å². The summed E-state index contributed by atoms with van der Waals surface area (Å²) < 4.78 is 17.9. The van der Waals surface area contributed by atoms with Gasteiger partial charge in [0.05, 0.1) is 12.7 Å². The summed E-state index contributed by atoms with van der Waals surface area (Å²) >= 11 is 0. The number of nitrogens with zero attached hydrogens (tertiary/aromatic N) is 1. The van der Waals surface area contributed by atoms with Gasteiger partial charge in [-0.3, -0.25) is 4.90 Å². The molecule has 4 heteroatoms. The molecule has 4 nitrogen and oxygen atoms in total. The zero-order valence-electron chi connectivity index (χ0n) is 13.8. The van der Waals surface area contributed by atoms with Crippen molar-refractivity contribution >= 4 is 0 Å². The third-order valence-electron chi connectivity index (χ3n) is 6.16. The van der Waals surface area contributed by atoms with Crippen molar-refractivity contribution in [3.8, 4) is 0 Å². The lowest BCUT2D eigenvalue weighted by Gasteiger charge is -2.52. The van der Waals surface area contributed by atoms with Crippen LogP contribution in [-0.2, 0) is 14.2 Å². The van der Waals surface area contributed by atoms with Crippen molar-refractivity contribution in [2.75, 3.05) is 46.1 Å². The van der Waals surface area contributed by atoms with E-state index in [9.17, 15) is 0 Å². The molecule has 3 aliphatic heterocycles. The largest absolute Gasteiger partial charge is 0.381 e. The zero-order valence-corrected chi connectivity index (χ0v) is 13.8. The van der Waals surface area contributed by atoms with Crippen molar-refractivity contribution in [2.24, 2.45) is 11.3 Å². The van der Waals surface area contributed by atoms with Crippen LogP contribution in [0.25, 0.3) is 0 Å². The second kappa shape index (κ2) is 6.76. The maximum Gasteiger partial charge on any atom is 0.0677 e. The van der Waals surface area contributed by atoms with E-state index in [0.717, 1.165) is 45.0 Å². The first-order valence-corrected chi connectivity index (χ1v) is 9.37. The van der Waals surface area contributed by atoms with Crippen LogP contribution in [0.5, 0.6) is 0 Å². The van der Waals surface area contributed by atoms with Gasteiger partial charge in [0.25, 0.3) is 0 Å². The van der Waals surface area contributed by atoms with Crippen molar-refractivity contribution in [3.05, 3.63) is 0 Å². The lowest BCUT2D eigenvalue weighted by molar-refractivity contribution is -0.161. The van der Waals surface area contributed by atoms with Gasteiger partial charge in [-0.05, 0) is 50.9 Å². The number of piperidine rings is 1. The van der Waals surface area contributed by atoms with Gasteiger partial charge in [0, 0.05) is 51.0 Å². The minimum absolute atomic E-state index is 0.254. The van der Waals surface area contributed by atoms with E-state index >= 15 is 0 Å². The molecule has 0 aromatic heterocycles. The molecule has 0 aromatic carbocycles. The highest BCUT2D eigenvalue weighted by molar-refractivity contribution is 4.98. The molecular formula is C18H31NO3. The fourth-order valence-electron chi connectivity index (χ4n) is 4.61. The Morgan fingerprint density at radius 2 is 1.91 bits per heavy atom. The van der Waals surface area contributed by atoms with E-state index in [1.54, 1.807) is 0 Å². The fourth-order valence-corrected chi connectivity index (χ4v) is 4.61. The van der Waals surface area contributed by atoms with Crippen LogP contribution in [0.2, 0.25) is 0 Å². The zero-order chi connectivity index (χ0) is 14.8. The first-order valence-electron chi connectivity index (χ1n) is 9.37. The van der Waals surface area contributed by atoms with Crippen LogP contribution in [0.15, 0.2) is 0 Å². The average Bonchev–Trinajstić information content (AvgIpc) is 3.39. The van der Waals surface area contributed by atoms with E-state index < -0.39 is 0 Å². The highest BCUT2D eigenvalue weighted by Crippen LogP contribution is 2.42. The van der Waals surface area contributed by atoms with Gasteiger partial charge in [0.2, 0.25) is 0 Å². The third-order valence-corrected chi connectivity index (χ3v) is 6.16. The molecule has 3 heterocycles. The Labute approximate surface area is 134 Å². The molecule has 0 N–H and O–H groups in total. The lowest BCUT2D eigenvalue weighted by Crippen LogP contribution is -2.59. The van der Waals surface area contributed by atoms with E-state index in [-0.39, 0.29) is 5.41 Å².